The van der Waals surface area contributed by atoms with E-state index in [0.717, 1.165) is 41.9 Å². The Morgan fingerprint density at radius 2 is 1.94 bits per heavy atom. The molecular weight excluding hydrogens is 415 g/mol. The Morgan fingerprint density at radius 1 is 1.19 bits per heavy atom. The van der Waals surface area contributed by atoms with Gasteiger partial charge in [0.05, 0.1) is 11.4 Å². The van der Waals surface area contributed by atoms with Gasteiger partial charge in [0.25, 0.3) is 0 Å². The average Bonchev–Trinajstić information content (AvgIpc) is 2.72. The van der Waals surface area contributed by atoms with Crippen LogP contribution in [0.4, 0.5) is 4.39 Å². The van der Waals surface area contributed by atoms with E-state index < -0.39 is 15.8 Å². The third kappa shape index (κ3) is 4.75. The molecule has 0 saturated carbocycles. The van der Waals surface area contributed by atoms with Crippen molar-refractivity contribution in [1.29, 1.82) is 0 Å². The molecular formula is C23H25FN4O2S. The van der Waals surface area contributed by atoms with Crippen molar-refractivity contribution in [3.8, 4) is 0 Å². The Balaban J connectivity index is 1.29. The standard InChI is InChI=1S/C23H25FN4O2S/c1-17-6-7-22(19-15-26-16-19)27-21(17)8-11-25-14-18-9-12-28(13-10-18)31(29,30)23-5-3-2-4-20(23)24/h2-8,11,15-16,18,25H,9-10,12-14H2,1H3/b11-8-. The molecule has 31 heavy (non-hydrogen) atoms. The van der Waals surface area contributed by atoms with E-state index in [1.807, 2.05) is 31.3 Å². The highest BCUT2D eigenvalue weighted by atomic mass is 32.2. The summed E-state index contributed by atoms with van der Waals surface area (Å²) in [5.41, 5.74) is 3.92. The fourth-order valence-corrected chi connectivity index (χ4v) is 5.21. The normalized spacial score (nSPS) is 17.5. The number of sulfonamides is 1. The summed E-state index contributed by atoms with van der Waals surface area (Å²) in [6, 6.07) is 9.57. The quantitative estimate of drug-likeness (QED) is 0.714. The van der Waals surface area contributed by atoms with Gasteiger partial charge in [-0.2, -0.15) is 4.31 Å². The third-order valence-electron chi connectivity index (χ3n) is 5.65. The molecule has 0 atom stereocenters. The lowest BCUT2D eigenvalue weighted by Gasteiger charge is -2.31. The number of hydrogen-bond acceptors (Lipinski definition) is 5. The lowest BCUT2D eigenvalue weighted by molar-refractivity contribution is 0.272. The van der Waals surface area contributed by atoms with E-state index in [-0.39, 0.29) is 4.90 Å². The first-order valence-corrected chi connectivity index (χ1v) is 11.7. The van der Waals surface area contributed by atoms with Crippen molar-refractivity contribution >= 4 is 27.9 Å². The molecule has 4 rings (SSSR count). The molecule has 6 nitrogen and oxygen atoms in total. The molecule has 0 aliphatic carbocycles. The van der Waals surface area contributed by atoms with Crippen molar-refractivity contribution in [2.45, 2.75) is 24.7 Å². The highest BCUT2D eigenvalue weighted by Gasteiger charge is 2.30. The Morgan fingerprint density at radius 3 is 2.61 bits per heavy atom. The fourth-order valence-electron chi connectivity index (χ4n) is 3.67. The average molecular weight is 441 g/mol. The molecule has 1 aromatic heterocycles. The van der Waals surface area contributed by atoms with E-state index in [9.17, 15) is 12.8 Å². The molecule has 1 aromatic carbocycles. The summed E-state index contributed by atoms with van der Waals surface area (Å²) in [6.45, 7) is 3.56. The number of benzene rings is 1. The highest BCUT2D eigenvalue weighted by molar-refractivity contribution is 7.89. The van der Waals surface area contributed by atoms with Gasteiger partial charge in [-0.1, -0.05) is 18.2 Å². The van der Waals surface area contributed by atoms with Gasteiger partial charge < -0.3 is 5.32 Å². The molecule has 3 heterocycles. The molecule has 162 valence electrons. The van der Waals surface area contributed by atoms with Gasteiger partial charge in [0.1, 0.15) is 10.7 Å². The maximum Gasteiger partial charge on any atom is 0.245 e. The molecule has 0 unspecified atom stereocenters. The number of halogens is 1. The van der Waals surface area contributed by atoms with Crippen LogP contribution < -0.4 is 5.32 Å². The topological polar surface area (TPSA) is 74.7 Å². The van der Waals surface area contributed by atoms with E-state index in [2.05, 4.69) is 15.3 Å². The Kier molecular flexibility index (Phi) is 6.29. The van der Waals surface area contributed by atoms with Crippen LogP contribution in [-0.4, -0.2) is 43.6 Å². The minimum Gasteiger partial charge on any atom is -0.391 e. The van der Waals surface area contributed by atoms with Gasteiger partial charge in [0.2, 0.25) is 10.0 Å². The zero-order valence-corrected chi connectivity index (χ0v) is 18.1. The maximum atomic E-state index is 13.9. The monoisotopic (exact) mass is 440 g/mol. The predicted octanol–water partition coefficient (Wildman–Crippen LogP) is 3.62. The third-order valence-corrected chi connectivity index (χ3v) is 7.58. The second kappa shape index (κ2) is 9.11. The second-order valence-corrected chi connectivity index (χ2v) is 9.69. The molecule has 1 N–H and O–H groups in total. The second-order valence-electron chi connectivity index (χ2n) is 7.78. The summed E-state index contributed by atoms with van der Waals surface area (Å²) in [7, 11) is -3.79. The van der Waals surface area contributed by atoms with Crippen molar-refractivity contribution in [3.63, 3.8) is 0 Å². The van der Waals surface area contributed by atoms with Gasteiger partial charge in [-0.3, -0.25) is 4.99 Å². The number of allylic oxidation sites excluding steroid dienone is 1. The summed E-state index contributed by atoms with van der Waals surface area (Å²) < 4.78 is 40.7. The molecule has 0 spiro atoms. The van der Waals surface area contributed by atoms with E-state index in [1.165, 1.54) is 22.5 Å². The van der Waals surface area contributed by atoms with Gasteiger partial charge in [0, 0.05) is 37.6 Å². The molecule has 2 aliphatic rings. The smallest absolute Gasteiger partial charge is 0.245 e. The van der Waals surface area contributed by atoms with E-state index in [0.29, 0.717) is 19.0 Å². The number of pyridine rings is 1. The summed E-state index contributed by atoms with van der Waals surface area (Å²) in [5, 5.41) is 3.31. The van der Waals surface area contributed by atoms with Crippen LogP contribution in [0.2, 0.25) is 0 Å². The van der Waals surface area contributed by atoms with Gasteiger partial charge in [0.15, 0.2) is 0 Å². The van der Waals surface area contributed by atoms with Crippen molar-refractivity contribution in [2.24, 2.45) is 10.9 Å². The van der Waals surface area contributed by atoms with Crippen molar-refractivity contribution in [3.05, 3.63) is 71.6 Å². The van der Waals surface area contributed by atoms with Gasteiger partial charge >= 0.3 is 0 Å². The minimum absolute atomic E-state index is 0.247. The molecule has 8 heteroatoms. The number of aliphatic imine (C=N–C) groups is 1. The molecule has 2 aromatic rings. The van der Waals surface area contributed by atoms with Gasteiger partial charge in [-0.15, -0.1) is 0 Å². The SMILES string of the molecule is Cc1ccc(C2=CN=C2)nc1/C=C\NCC1CCN(S(=O)(=O)c2ccccc2F)CC1. The number of nitrogens with zero attached hydrogens (tertiary/aromatic N) is 3. The number of aryl methyl sites for hydroxylation is 1. The maximum absolute atomic E-state index is 13.9. The van der Waals surface area contributed by atoms with Gasteiger partial charge in [-0.05, 0) is 61.7 Å². The molecule has 0 amide bonds. The zero-order valence-electron chi connectivity index (χ0n) is 17.3. The summed E-state index contributed by atoms with van der Waals surface area (Å²) in [4.78, 5) is 8.39. The zero-order chi connectivity index (χ0) is 21.8. The molecule has 2 aliphatic heterocycles. The Bertz CT molecular complexity index is 1150. The molecule has 0 bridgehead atoms. The Hall–Kier alpha value is -2.84. The van der Waals surface area contributed by atoms with Crippen LogP contribution in [0.3, 0.4) is 0 Å². The van der Waals surface area contributed by atoms with Crippen LogP contribution in [0.1, 0.15) is 29.8 Å². The molecule has 0 radical (unpaired) electrons. The first-order chi connectivity index (χ1) is 14.9. The van der Waals surface area contributed by atoms with E-state index >= 15 is 0 Å². The molecule has 1 saturated heterocycles. The largest absolute Gasteiger partial charge is 0.391 e. The number of aromatic nitrogens is 1. The van der Waals surface area contributed by atoms with Crippen LogP contribution in [0.5, 0.6) is 0 Å². The summed E-state index contributed by atoms with van der Waals surface area (Å²) >= 11 is 0. The fraction of sp³-hybridized carbons (Fsp3) is 0.304. The number of rotatable bonds is 7. The highest BCUT2D eigenvalue weighted by Crippen LogP contribution is 2.25. The number of piperidine rings is 1. The van der Waals surface area contributed by atoms with Crippen LogP contribution in [-0.2, 0) is 10.0 Å². The van der Waals surface area contributed by atoms with Crippen molar-refractivity contribution in [2.75, 3.05) is 19.6 Å². The first-order valence-electron chi connectivity index (χ1n) is 10.3. The minimum atomic E-state index is -3.79. The lowest BCUT2D eigenvalue weighted by Crippen LogP contribution is -2.40. The predicted molar refractivity (Wildman–Crippen MR) is 120 cm³/mol. The first kappa shape index (κ1) is 21.4. The Labute approximate surface area is 182 Å². The van der Waals surface area contributed by atoms with Crippen LogP contribution in [0.25, 0.3) is 11.6 Å². The lowest BCUT2D eigenvalue weighted by atomic mass is 9.98. The van der Waals surface area contributed by atoms with Crippen LogP contribution in [0.15, 0.2) is 58.7 Å². The van der Waals surface area contributed by atoms with Crippen LogP contribution in [0, 0.1) is 18.7 Å². The number of nitrogens with one attached hydrogen (secondary N) is 1. The van der Waals surface area contributed by atoms with Crippen molar-refractivity contribution < 1.29 is 12.8 Å². The van der Waals surface area contributed by atoms with Crippen LogP contribution >= 0.6 is 0 Å². The summed E-state index contributed by atoms with van der Waals surface area (Å²) in [5.74, 6) is -0.348. The van der Waals surface area contributed by atoms with Crippen molar-refractivity contribution in [1.82, 2.24) is 14.6 Å². The summed E-state index contributed by atoms with van der Waals surface area (Å²) in [6.07, 6.45) is 8.89. The van der Waals surface area contributed by atoms with Gasteiger partial charge in [-0.25, -0.2) is 17.8 Å². The number of hydrogen-bond donors (Lipinski definition) is 1. The van der Waals surface area contributed by atoms with E-state index in [1.54, 1.807) is 18.5 Å². The van der Waals surface area contributed by atoms with E-state index in [4.69, 9.17) is 0 Å². The molecule has 1 fully saturated rings.